The number of hydrogen-bond donors (Lipinski definition) is 1. The summed E-state index contributed by atoms with van der Waals surface area (Å²) in [6, 6.07) is 0. The van der Waals surface area contributed by atoms with Crippen LogP contribution >= 0.6 is 0 Å². The highest BCUT2D eigenvalue weighted by Gasteiger charge is 2.37. The molecule has 1 fully saturated rings. The summed E-state index contributed by atoms with van der Waals surface area (Å²) in [5, 5.41) is 18.2. The van der Waals surface area contributed by atoms with Gasteiger partial charge in [0, 0.05) is 12.6 Å². The summed E-state index contributed by atoms with van der Waals surface area (Å²) in [5.74, 6) is 0.397. The lowest BCUT2D eigenvalue weighted by atomic mass is 9.75. The normalized spacial score (nSPS) is 17.9. The molecule has 1 aromatic heterocycles. The molecule has 1 heterocycles. The van der Waals surface area contributed by atoms with Crippen molar-refractivity contribution < 1.29 is 4.92 Å². The van der Waals surface area contributed by atoms with Gasteiger partial charge >= 0.3 is 5.69 Å². The summed E-state index contributed by atoms with van der Waals surface area (Å²) in [5.41, 5.74) is 0.0845. The third-order valence-electron chi connectivity index (χ3n) is 3.38. The number of hydrogen-bond acceptors (Lipinski definition) is 4. The minimum Gasteiger partial charge on any atom is -0.357 e. The largest absolute Gasteiger partial charge is 0.357 e. The van der Waals surface area contributed by atoms with E-state index in [1.807, 2.05) is 0 Å². The Labute approximate surface area is 93.8 Å². The molecule has 1 aromatic rings. The summed E-state index contributed by atoms with van der Waals surface area (Å²) < 4.78 is 1.47. The molecule has 88 valence electrons. The molecule has 0 radical (unpaired) electrons. The molecule has 0 saturated heterocycles. The summed E-state index contributed by atoms with van der Waals surface area (Å²) >= 11 is 0. The molecule has 16 heavy (non-hydrogen) atoms. The Kier molecular flexibility index (Phi) is 2.57. The lowest BCUT2D eigenvalue weighted by Gasteiger charge is -2.41. The molecule has 6 nitrogen and oxygen atoms in total. The van der Waals surface area contributed by atoms with Gasteiger partial charge in [-0.05, 0) is 25.7 Å². The quantitative estimate of drug-likeness (QED) is 0.627. The maximum atomic E-state index is 10.8. The van der Waals surface area contributed by atoms with E-state index in [0.717, 1.165) is 19.3 Å². The van der Waals surface area contributed by atoms with Gasteiger partial charge in [0.2, 0.25) is 5.82 Å². The second kappa shape index (κ2) is 3.77. The number of nitrogens with one attached hydrogen (secondary N) is 1. The highest BCUT2D eigenvalue weighted by atomic mass is 16.6. The SMILES string of the molecule is CCC1(Nc2nn(C)cc2[N+](=O)[O-])CCC1. The minimum absolute atomic E-state index is 0.0269. The van der Waals surface area contributed by atoms with E-state index in [1.54, 1.807) is 7.05 Å². The van der Waals surface area contributed by atoms with Crippen LogP contribution in [0.25, 0.3) is 0 Å². The molecular formula is C10H16N4O2. The Hall–Kier alpha value is -1.59. The van der Waals surface area contributed by atoms with Crippen LogP contribution in [0, 0.1) is 10.1 Å². The van der Waals surface area contributed by atoms with E-state index in [-0.39, 0.29) is 11.2 Å². The number of aryl methyl sites for hydroxylation is 1. The van der Waals surface area contributed by atoms with Gasteiger partial charge in [-0.3, -0.25) is 14.8 Å². The summed E-state index contributed by atoms with van der Waals surface area (Å²) in [6.45, 7) is 2.10. The van der Waals surface area contributed by atoms with Crippen molar-refractivity contribution in [2.24, 2.45) is 7.05 Å². The molecular weight excluding hydrogens is 208 g/mol. The van der Waals surface area contributed by atoms with Crippen LogP contribution in [-0.2, 0) is 7.05 Å². The number of aromatic nitrogens is 2. The zero-order valence-corrected chi connectivity index (χ0v) is 9.56. The Morgan fingerprint density at radius 2 is 2.38 bits per heavy atom. The van der Waals surface area contributed by atoms with Crippen LogP contribution in [0.2, 0.25) is 0 Å². The molecule has 0 aromatic carbocycles. The van der Waals surface area contributed by atoms with Crippen molar-refractivity contribution in [1.82, 2.24) is 9.78 Å². The van der Waals surface area contributed by atoms with Gasteiger partial charge < -0.3 is 5.32 Å². The van der Waals surface area contributed by atoms with Gasteiger partial charge in [0.1, 0.15) is 6.20 Å². The first-order valence-corrected chi connectivity index (χ1v) is 5.52. The molecule has 1 aliphatic carbocycles. The van der Waals surface area contributed by atoms with Crippen LogP contribution in [0.3, 0.4) is 0 Å². The summed E-state index contributed by atoms with van der Waals surface area (Å²) in [7, 11) is 1.69. The van der Waals surface area contributed by atoms with E-state index in [0.29, 0.717) is 5.82 Å². The van der Waals surface area contributed by atoms with E-state index in [2.05, 4.69) is 17.3 Å². The van der Waals surface area contributed by atoms with Gasteiger partial charge in [-0.25, -0.2) is 0 Å². The predicted octanol–water partition coefficient (Wildman–Crippen LogP) is 2.07. The molecule has 1 aliphatic rings. The Morgan fingerprint density at radius 1 is 1.69 bits per heavy atom. The van der Waals surface area contributed by atoms with E-state index in [1.165, 1.54) is 17.3 Å². The highest BCUT2D eigenvalue weighted by molar-refractivity contribution is 5.56. The lowest BCUT2D eigenvalue weighted by molar-refractivity contribution is -0.384. The smallest absolute Gasteiger partial charge is 0.330 e. The predicted molar refractivity (Wildman–Crippen MR) is 60.4 cm³/mol. The molecule has 2 rings (SSSR count). The maximum Gasteiger partial charge on any atom is 0.330 e. The number of nitro groups is 1. The maximum absolute atomic E-state index is 10.8. The van der Waals surface area contributed by atoms with Crippen LogP contribution < -0.4 is 5.32 Å². The lowest BCUT2D eigenvalue weighted by Crippen LogP contribution is -2.44. The molecule has 0 spiro atoms. The van der Waals surface area contributed by atoms with Crippen molar-refractivity contribution in [1.29, 1.82) is 0 Å². The third-order valence-corrected chi connectivity index (χ3v) is 3.38. The van der Waals surface area contributed by atoms with Crippen LogP contribution in [0.1, 0.15) is 32.6 Å². The number of nitrogens with zero attached hydrogens (tertiary/aromatic N) is 3. The van der Waals surface area contributed by atoms with E-state index < -0.39 is 4.92 Å². The molecule has 0 aliphatic heterocycles. The second-order valence-corrected chi connectivity index (χ2v) is 4.41. The van der Waals surface area contributed by atoms with Crippen molar-refractivity contribution in [2.45, 2.75) is 38.1 Å². The molecule has 1 saturated carbocycles. The number of rotatable bonds is 4. The molecule has 1 N–H and O–H groups in total. The van der Waals surface area contributed by atoms with Crippen LogP contribution in [0.5, 0.6) is 0 Å². The Morgan fingerprint density at radius 3 is 2.81 bits per heavy atom. The monoisotopic (exact) mass is 224 g/mol. The van der Waals surface area contributed by atoms with Crippen LogP contribution in [0.4, 0.5) is 11.5 Å². The second-order valence-electron chi connectivity index (χ2n) is 4.41. The minimum atomic E-state index is -0.392. The average molecular weight is 224 g/mol. The van der Waals surface area contributed by atoms with Crippen molar-refractivity contribution in [3.05, 3.63) is 16.3 Å². The molecule has 0 unspecified atom stereocenters. The third kappa shape index (κ3) is 1.75. The van der Waals surface area contributed by atoms with E-state index in [9.17, 15) is 10.1 Å². The van der Waals surface area contributed by atoms with Gasteiger partial charge in [0.25, 0.3) is 0 Å². The van der Waals surface area contributed by atoms with Crippen molar-refractivity contribution in [2.75, 3.05) is 5.32 Å². The zero-order chi connectivity index (χ0) is 11.8. The fraction of sp³-hybridized carbons (Fsp3) is 0.700. The first-order chi connectivity index (χ1) is 7.56. The van der Waals surface area contributed by atoms with Gasteiger partial charge in [0.05, 0.1) is 4.92 Å². The Bertz CT molecular complexity index is 403. The highest BCUT2D eigenvalue weighted by Crippen LogP contribution is 2.39. The average Bonchev–Trinajstić information content (AvgIpc) is 2.53. The summed E-state index contributed by atoms with van der Waals surface area (Å²) in [4.78, 5) is 10.4. The van der Waals surface area contributed by atoms with Gasteiger partial charge in [-0.15, -0.1) is 5.10 Å². The van der Waals surface area contributed by atoms with Gasteiger partial charge in [0.15, 0.2) is 0 Å². The van der Waals surface area contributed by atoms with Gasteiger partial charge in [-0.2, -0.15) is 0 Å². The Balaban J connectivity index is 2.23. The molecule has 0 bridgehead atoms. The topological polar surface area (TPSA) is 73.0 Å². The standard InChI is InChI=1S/C10H16N4O2/c1-3-10(5-4-6-10)11-9-8(14(15)16)7-13(2)12-9/h7H,3-6H2,1-2H3,(H,11,12). The fourth-order valence-corrected chi connectivity index (χ4v) is 2.12. The first-order valence-electron chi connectivity index (χ1n) is 5.52. The van der Waals surface area contributed by atoms with Gasteiger partial charge in [-0.1, -0.05) is 6.92 Å². The van der Waals surface area contributed by atoms with E-state index >= 15 is 0 Å². The van der Waals surface area contributed by atoms with Crippen molar-refractivity contribution in [3.63, 3.8) is 0 Å². The first kappa shape index (κ1) is 10.9. The van der Waals surface area contributed by atoms with Crippen molar-refractivity contribution in [3.8, 4) is 0 Å². The van der Waals surface area contributed by atoms with Crippen LogP contribution in [0.15, 0.2) is 6.20 Å². The van der Waals surface area contributed by atoms with Crippen LogP contribution in [-0.4, -0.2) is 20.2 Å². The molecule has 6 heteroatoms. The zero-order valence-electron chi connectivity index (χ0n) is 9.56. The molecule has 0 atom stereocenters. The van der Waals surface area contributed by atoms with E-state index in [4.69, 9.17) is 0 Å². The summed E-state index contributed by atoms with van der Waals surface area (Å²) in [6.07, 6.45) is 5.72. The fourth-order valence-electron chi connectivity index (χ4n) is 2.12. The molecule has 0 amide bonds. The van der Waals surface area contributed by atoms with Crippen molar-refractivity contribution >= 4 is 11.5 Å². The number of anilines is 1.